The summed E-state index contributed by atoms with van der Waals surface area (Å²) in [6.45, 7) is 0. The van der Waals surface area contributed by atoms with Crippen LogP contribution in [0.5, 0.6) is 0 Å². The zero-order chi connectivity index (χ0) is 10.9. The summed E-state index contributed by atoms with van der Waals surface area (Å²) in [6, 6.07) is 1.16. The number of benzene rings is 1. The minimum absolute atomic E-state index is 0.239. The predicted molar refractivity (Wildman–Crippen MR) is 44.8 cm³/mol. The van der Waals surface area contributed by atoms with E-state index >= 15 is 0 Å². The summed E-state index contributed by atoms with van der Waals surface area (Å²) in [5.74, 6) is -5.27. The van der Waals surface area contributed by atoms with E-state index in [1.165, 1.54) is 0 Å². The maximum atomic E-state index is 12.6. The first-order valence-electron chi connectivity index (χ1n) is 3.35. The van der Waals surface area contributed by atoms with E-state index in [-0.39, 0.29) is 5.56 Å². The Bertz CT molecular complexity index is 435. The summed E-state index contributed by atoms with van der Waals surface area (Å²) in [6.07, 6.45) is 0. The Balaban J connectivity index is 3.14. The number of hydrogen-bond acceptors (Lipinski definition) is 2. The summed E-state index contributed by atoms with van der Waals surface area (Å²) in [5, 5.41) is 0. The summed E-state index contributed by atoms with van der Waals surface area (Å²) in [5.41, 5.74) is -0.239. The van der Waals surface area contributed by atoms with Crippen LogP contribution < -0.4 is 0 Å². The van der Waals surface area contributed by atoms with E-state index in [1.54, 1.807) is 0 Å². The van der Waals surface area contributed by atoms with Gasteiger partial charge in [-0.2, -0.15) is 0 Å². The van der Waals surface area contributed by atoms with Gasteiger partial charge in [-0.3, -0.25) is 0 Å². The van der Waals surface area contributed by atoms with Gasteiger partial charge in [0.1, 0.15) is 0 Å². The van der Waals surface area contributed by atoms with Crippen molar-refractivity contribution >= 4 is 19.7 Å². The Morgan fingerprint density at radius 3 is 1.93 bits per heavy atom. The molecule has 0 aliphatic heterocycles. The summed E-state index contributed by atoms with van der Waals surface area (Å²) >= 11 is 0. The average molecular weight is 245 g/mol. The molecule has 0 heterocycles. The second-order valence-corrected chi connectivity index (χ2v) is 5.33. The van der Waals surface area contributed by atoms with Crippen molar-refractivity contribution in [2.24, 2.45) is 0 Å². The molecule has 0 bridgehead atoms. The van der Waals surface area contributed by atoms with E-state index in [0.717, 1.165) is 0 Å². The van der Waals surface area contributed by atoms with E-state index in [1.807, 2.05) is 0 Å². The normalized spacial score (nSPS) is 11.7. The topological polar surface area (TPSA) is 34.1 Å². The van der Waals surface area contributed by atoms with Crippen LogP contribution in [0.2, 0.25) is 0 Å². The smallest absolute Gasteiger partial charge is 0.212 e. The van der Waals surface area contributed by atoms with Gasteiger partial charge in [-0.05, 0) is 17.7 Å². The largest absolute Gasteiger partial charge is 0.236 e. The lowest BCUT2D eigenvalue weighted by atomic mass is 10.2. The van der Waals surface area contributed by atoms with E-state index in [9.17, 15) is 21.6 Å². The molecule has 0 fully saturated rings. The molecule has 1 rings (SSSR count). The highest BCUT2D eigenvalue weighted by molar-refractivity contribution is 8.13. The SMILES string of the molecule is O=S(=O)(Cl)Cc1cc(F)c(F)c(F)c1. The second kappa shape index (κ2) is 3.78. The molecule has 0 atom stereocenters. The molecule has 1 aromatic carbocycles. The fraction of sp³-hybridized carbons (Fsp3) is 0.143. The first-order valence-corrected chi connectivity index (χ1v) is 5.83. The fourth-order valence-corrected chi connectivity index (χ4v) is 1.83. The van der Waals surface area contributed by atoms with Crippen molar-refractivity contribution in [3.05, 3.63) is 35.1 Å². The van der Waals surface area contributed by atoms with Gasteiger partial charge < -0.3 is 0 Å². The molecule has 0 spiro atoms. The lowest BCUT2D eigenvalue weighted by Crippen LogP contribution is -1.99. The van der Waals surface area contributed by atoms with Gasteiger partial charge in [0.25, 0.3) is 0 Å². The molecule has 2 nitrogen and oxygen atoms in total. The molecular weight excluding hydrogens is 241 g/mol. The molecule has 0 aliphatic carbocycles. The van der Waals surface area contributed by atoms with E-state index in [4.69, 9.17) is 10.7 Å². The third-order valence-electron chi connectivity index (χ3n) is 1.38. The van der Waals surface area contributed by atoms with Gasteiger partial charge >= 0.3 is 0 Å². The highest BCUT2D eigenvalue weighted by atomic mass is 35.7. The molecular formula is C7H4ClF3O2S. The first-order chi connectivity index (χ1) is 6.29. The third kappa shape index (κ3) is 2.88. The van der Waals surface area contributed by atoms with Crippen LogP contribution in [0, 0.1) is 17.5 Å². The predicted octanol–water partition coefficient (Wildman–Crippen LogP) is 2.17. The van der Waals surface area contributed by atoms with E-state index < -0.39 is 32.3 Å². The number of halogens is 4. The standard InChI is InChI=1S/C7H4ClF3O2S/c8-14(12,13)3-4-1-5(9)7(11)6(10)2-4/h1-2H,3H2. The zero-order valence-electron chi connectivity index (χ0n) is 6.60. The molecule has 1 aromatic rings. The highest BCUT2D eigenvalue weighted by Crippen LogP contribution is 2.16. The van der Waals surface area contributed by atoms with Crippen molar-refractivity contribution < 1.29 is 21.6 Å². The summed E-state index contributed by atoms with van der Waals surface area (Å²) in [4.78, 5) is 0. The van der Waals surface area contributed by atoms with Crippen LogP contribution in [0.25, 0.3) is 0 Å². The van der Waals surface area contributed by atoms with Crippen LogP contribution in [-0.2, 0) is 14.8 Å². The van der Waals surface area contributed by atoms with Gasteiger partial charge in [0.05, 0.1) is 5.75 Å². The molecule has 0 unspecified atom stereocenters. The Hall–Kier alpha value is -0.750. The van der Waals surface area contributed by atoms with Crippen LogP contribution in [0.4, 0.5) is 13.2 Å². The van der Waals surface area contributed by atoms with E-state index in [0.29, 0.717) is 12.1 Å². The van der Waals surface area contributed by atoms with Gasteiger partial charge in [-0.15, -0.1) is 0 Å². The first kappa shape index (κ1) is 11.3. The Kier molecular flexibility index (Phi) is 3.06. The Morgan fingerprint density at radius 2 is 1.57 bits per heavy atom. The Morgan fingerprint density at radius 1 is 1.14 bits per heavy atom. The van der Waals surface area contributed by atoms with Crippen molar-refractivity contribution in [2.45, 2.75) is 5.75 Å². The van der Waals surface area contributed by atoms with Crippen LogP contribution in [0.1, 0.15) is 5.56 Å². The van der Waals surface area contributed by atoms with E-state index in [2.05, 4.69) is 0 Å². The number of rotatable bonds is 2. The van der Waals surface area contributed by atoms with Crippen molar-refractivity contribution in [3.8, 4) is 0 Å². The van der Waals surface area contributed by atoms with Crippen LogP contribution >= 0.6 is 10.7 Å². The van der Waals surface area contributed by atoms with Crippen LogP contribution in [-0.4, -0.2) is 8.42 Å². The van der Waals surface area contributed by atoms with Crippen molar-refractivity contribution in [1.82, 2.24) is 0 Å². The average Bonchev–Trinajstić information content (AvgIpc) is 1.96. The minimum atomic E-state index is -3.91. The Labute approximate surface area is 82.7 Å². The molecule has 78 valence electrons. The molecule has 0 aromatic heterocycles. The van der Waals surface area contributed by atoms with Gasteiger partial charge in [-0.25, -0.2) is 21.6 Å². The maximum Gasteiger partial charge on any atom is 0.236 e. The third-order valence-corrected chi connectivity index (χ3v) is 2.39. The molecule has 7 heteroatoms. The molecule has 14 heavy (non-hydrogen) atoms. The number of hydrogen-bond donors (Lipinski definition) is 0. The van der Waals surface area contributed by atoms with Crippen LogP contribution in [0.3, 0.4) is 0 Å². The summed E-state index contributed by atoms with van der Waals surface area (Å²) < 4.78 is 58.6. The molecule has 0 amide bonds. The molecule has 0 radical (unpaired) electrons. The zero-order valence-corrected chi connectivity index (χ0v) is 8.17. The molecule has 0 saturated carbocycles. The van der Waals surface area contributed by atoms with Gasteiger partial charge in [0.2, 0.25) is 9.05 Å². The quantitative estimate of drug-likeness (QED) is 0.590. The molecule has 0 aliphatic rings. The van der Waals surface area contributed by atoms with Gasteiger partial charge in [0, 0.05) is 10.7 Å². The van der Waals surface area contributed by atoms with Gasteiger partial charge in [0.15, 0.2) is 17.5 Å². The second-order valence-electron chi connectivity index (χ2n) is 2.56. The van der Waals surface area contributed by atoms with Gasteiger partial charge in [-0.1, -0.05) is 0 Å². The lowest BCUT2D eigenvalue weighted by molar-refractivity contribution is 0.446. The lowest BCUT2D eigenvalue weighted by Gasteiger charge is -2.00. The fourth-order valence-electron chi connectivity index (χ4n) is 0.890. The monoisotopic (exact) mass is 244 g/mol. The molecule has 0 saturated heterocycles. The summed E-state index contributed by atoms with van der Waals surface area (Å²) in [7, 11) is 0.939. The van der Waals surface area contributed by atoms with Crippen molar-refractivity contribution in [1.29, 1.82) is 0 Å². The van der Waals surface area contributed by atoms with Crippen molar-refractivity contribution in [3.63, 3.8) is 0 Å². The minimum Gasteiger partial charge on any atom is -0.212 e. The van der Waals surface area contributed by atoms with Crippen molar-refractivity contribution in [2.75, 3.05) is 0 Å². The molecule has 0 N–H and O–H groups in total. The highest BCUT2D eigenvalue weighted by Gasteiger charge is 2.14. The maximum absolute atomic E-state index is 12.6. The van der Waals surface area contributed by atoms with Crippen LogP contribution in [0.15, 0.2) is 12.1 Å².